The van der Waals surface area contributed by atoms with Crippen LogP contribution in [0.4, 0.5) is 5.69 Å². The summed E-state index contributed by atoms with van der Waals surface area (Å²) in [5.41, 5.74) is 11.9. The van der Waals surface area contributed by atoms with Gasteiger partial charge in [0.15, 0.2) is 5.65 Å². The number of aromatic nitrogens is 3. The van der Waals surface area contributed by atoms with E-state index in [4.69, 9.17) is 15.6 Å². The number of imidazole rings is 1. The first-order chi connectivity index (χ1) is 10.6. The number of fused-ring (bicyclic) bond motifs is 1. The molecule has 3 aromatic rings. The molecular weight excluding hydrogens is 276 g/mol. The summed E-state index contributed by atoms with van der Waals surface area (Å²) in [7, 11) is 0. The Hall–Kier alpha value is -2.40. The number of nitrogen functional groups attached to an aromatic ring is 1. The molecule has 1 saturated heterocycles. The highest BCUT2D eigenvalue weighted by Crippen LogP contribution is 2.36. The van der Waals surface area contributed by atoms with E-state index in [1.807, 2.05) is 28.9 Å². The van der Waals surface area contributed by atoms with Gasteiger partial charge in [0.2, 0.25) is 0 Å². The van der Waals surface area contributed by atoms with Crippen molar-refractivity contribution in [1.29, 1.82) is 0 Å². The summed E-state index contributed by atoms with van der Waals surface area (Å²) in [5.74, 6) is 0. The molecule has 1 aromatic carbocycles. The fourth-order valence-corrected chi connectivity index (χ4v) is 2.97. The van der Waals surface area contributed by atoms with E-state index >= 15 is 0 Å². The predicted molar refractivity (Wildman–Crippen MR) is 85.7 cm³/mol. The SMILES string of the molecule is Cc1ccc(N)cc1-c1cc(C2(C)COC2)c2nccn2n1. The zero-order valence-electron chi connectivity index (χ0n) is 12.7. The standard InChI is InChI=1S/C17H18N4O/c1-11-3-4-12(18)7-13(11)15-8-14(17(2)9-22-10-17)16-19-5-6-21(16)20-15/h3-8H,9-10,18H2,1-2H3. The summed E-state index contributed by atoms with van der Waals surface area (Å²) in [4.78, 5) is 4.46. The molecule has 1 fully saturated rings. The van der Waals surface area contributed by atoms with Gasteiger partial charge >= 0.3 is 0 Å². The van der Waals surface area contributed by atoms with Crippen molar-refractivity contribution >= 4 is 11.3 Å². The highest BCUT2D eigenvalue weighted by molar-refractivity contribution is 5.70. The van der Waals surface area contributed by atoms with Gasteiger partial charge in [0.25, 0.3) is 0 Å². The lowest BCUT2D eigenvalue weighted by Crippen LogP contribution is -2.44. The molecule has 2 N–H and O–H groups in total. The van der Waals surface area contributed by atoms with E-state index in [1.54, 1.807) is 6.20 Å². The quantitative estimate of drug-likeness (QED) is 0.738. The fraction of sp³-hybridized carbons (Fsp3) is 0.294. The summed E-state index contributed by atoms with van der Waals surface area (Å²) in [6.07, 6.45) is 3.66. The second-order valence-electron chi connectivity index (χ2n) is 6.27. The van der Waals surface area contributed by atoms with Crippen molar-refractivity contribution < 1.29 is 4.74 Å². The Labute approximate surface area is 128 Å². The maximum absolute atomic E-state index is 5.95. The molecule has 0 radical (unpaired) electrons. The van der Waals surface area contributed by atoms with Crippen molar-refractivity contribution in [3.8, 4) is 11.3 Å². The Balaban J connectivity index is 1.97. The molecule has 2 aromatic heterocycles. The van der Waals surface area contributed by atoms with Crippen molar-refractivity contribution in [1.82, 2.24) is 14.6 Å². The van der Waals surface area contributed by atoms with Gasteiger partial charge in [0.1, 0.15) is 0 Å². The lowest BCUT2D eigenvalue weighted by molar-refractivity contribution is -0.0495. The zero-order valence-corrected chi connectivity index (χ0v) is 12.7. The number of benzene rings is 1. The van der Waals surface area contributed by atoms with Crippen LogP contribution < -0.4 is 5.73 Å². The van der Waals surface area contributed by atoms with Crippen LogP contribution in [-0.4, -0.2) is 27.8 Å². The van der Waals surface area contributed by atoms with E-state index in [9.17, 15) is 0 Å². The average molecular weight is 294 g/mol. The lowest BCUT2D eigenvalue weighted by atomic mass is 9.81. The van der Waals surface area contributed by atoms with Gasteiger partial charge in [0, 0.05) is 34.6 Å². The third kappa shape index (κ3) is 1.89. The molecule has 0 bridgehead atoms. The third-order valence-corrected chi connectivity index (χ3v) is 4.39. The maximum Gasteiger partial charge on any atom is 0.157 e. The van der Waals surface area contributed by atoms with Crippen molar-refractivity contribution in [3.63, 3.8) is 0 Å². The van der Waals surface area contributed by atoms with Crippen molar-refractivity contribution in [3.05, 3.63) is 47.8 Å². The lowest BCUT2D eigenvalue weighted by Gasteiger charge is -2.38. The monoisotopic (exact) mass is 294 g/mol. The van der Waals surface area contributed by atoms with Crippen LogP contribution in [0, 0.1) is 6.92 Å². The van der Waals surface area contributed by atoms with Crippen LogP contribution in [0.1, 0.15) is 18.1 Å². The van der Waals surface area contributed by atoms with Crippen LogP contribution in [0.2, 0.25) is 0 Å². The van der Waals surface area contributed by atoms with Gasteiger partial charge in [-0.05, 0) is 30.7 Å². The molecule has 0 amide bonds. The number of nitrogens with two attached hydrogens (primary N) is 1. The normalized spacial score (nSPS) is 16.6. The number of ether oxygens (including phenoxy) is 1. The summed E-state index contributed by atoms with van der Waals surface area (Å²) in [6, 6.07) is 8.05. The first-order valence-electron chi connectivity index (χ1n) is 7.36. The van der Waals surface area contributed by atoms with E-state index in [0.29, 0.717) is 0 Å². The molecule has 112 valence electrons. The van der Waals surface area contributed by atoms with Gasteiger partial charge in [0.05, 0.1) is 18.9 Å². The third-order valence-electron chi connectivity index (χ3n) is 4.39. The van der Waals surface area contributed by atoms with Crippen molar-refractivity contribution in [2.45, 2.75) is 19.3 Å². The van der Waals surface area contributed by atoms with Gasteiger partial charge < -0.3 is 10.5 Å². The summed E-state index contributed by atoms with van der Waals surface area (Å²) in [6.45, 7) is 5.71. The molecular formula is C17H18N4O. The number of aryl methyl sites for hydroxylation is 1. The molecule has 22 heavy (non-hydrogen) atoms. The highest BCUT2D eigenvalue weighted by atomic mass is 16.5. The van der Waals surface area contributed by atoms with Crippen LogP contribution in [-0.2, 0) is 10.2 Å². The molecule has 0 saturated carbocycles. The van der Waals surface area contributed by atoms with Crippen LogP contribution in [0.5, 0.6) is 0 Å². The van der Waals surface area contributed by atoms with E-state index < -0.39 is 0 Å². The minimum absolute atomic E-state index is 0.00147. The molecule has 0 spiro atoms. The van der Waals surface area contributed by atoms with E-state index in [-0.39, 0.29) is 5.41 Å². The summed E-state index contributed by atoms with van der Waals surface area (Å²) < 4.78 is 7.27. The Bertz CT molecular complexity index is 864. The fourth-order valence-electron chi connectivity index (χ4n) is 2.97. The van der Waals surface area contributed by atoms with Crippen LogP contribution in [0.25, 0.3) is 16.9 Å². The largest absolute Gasteiger partial charge is 0.399 e. The van der Waals surface area contributed by atoms with Crippen LogP contribution >= 0.6 is 0 Å². The minimum atomic E-state index is -0.00147. The van der Waals surface area contributed by atoms with Gasteiger partial charge in [-0.3, -0.25) is 0 Å². The van der Waals surface area contributed by atoms with Crippen LogP contribution in [0.15, 0.2) is 36.7 Å². The van der Waals surface area contributed by atoms with Gasteiger partial charge in [-0.25, -0.2) is 9.50 Å². The van der Waals surface area contributed by atoms with E-state index in [2.05, 4.69) is 24.9 Å². The molecule has 4 rings (SSSR count). The smallest absolute Gasteiger partial charge is 0.157 e. The molecule has 5 nitrogen and oxygen atoms in total. The van der Waals surface area contributed by atoms with Crippen molar-refractivity contribution in [2.75, 3.05) is 18.9 Å². The first-order valence-corrected chi connectivity index (χ1v) is 7.36. The molecule has 1 aliphatic heterocycles. The topological polar surface area (TPSA) is 65.4 Å². The van der Waals surface area contributed by atoms with Crippen molar-refractivity contribution in [2.24, 2.45) is 0 Å². The number of anilines is 1. The Kier molecular flexibility index (Phi) is 2.74. The molecule has 0 atom stereocenters. The predicted octanol–water partition coefficient (Wildman–Crippen LogP) is 2.57. The number of rotatable bonds is 2. The van der Waals surface area contributed by atoms with Gasteiger partial charge in [-0.2, -0.15) is 5.10 Å². The number of nitrogens with zero attached hydrogens (tertiary/aromatic N) is 3. The van der Waals surface area contributed by atoms with Gasteiger partial charge in [-0.1, -0.05) is 13.0 Å². The number of hydrogen-bond acceptors (Lipinski definition) is 4. The minimum Gasteiger partial charge on any atom is -0.399 e. The van der Waals surface area contributed by atoms with Gasteiger partial charge in [-0.15, -0.1) is 0 Å². The molecule has 0 unspecified atom stereocenters. The number of hydrogen-bond donors (Lipinski definition) is 1. The highest BCUT2D eigenvalue weighted by Gasteiger charge is 2.38. The van der Waals surface area contributed by atoms with E-state index in [1.165, 1.54) is 5.56 Å². The second-order valence-corrected chi connectivity index (χ2v) is 6.27. The molecule has 1 aliphatic rings. The molecule has 5 heteroatoms. The second kappa shape index (κ2) is 4.55. The first kappa shape index (κ1) is 13.3. The maximum atomic E-state index is 5.95. The Morgan fingerprint density at radius 2 is 2.09 bits per heavy atom. The molecule has 0 aliphatic carbocycles. The molecule has 3 heterocycles. The Morgan fingerprint density at radius 3 is 2.82 bits per heavy atom. The zero-order chi connectivity index (χ0) is 15.3. The average Bonchev–Trinajstić information content (AvgIpc) is 2.94. The van der Waals surface area contributed by atoms with Crippen LogP contribution in [0.3, 0.4) is 0 Å². The van der Waals surface area contributed by atoms with E-state index in [0.717, 1.165) is 41.4 Å². The summed E-state index contributed by atoms with van der Waals surface area (Å²) >= 11 is 0. The summed E-state index contributed by atoms with van der Waals surface area (Å²) in [5, 5.41) is 4.70. The Morgan fingerprint density at radius 1 is 1.27 bits per heavy atom.